The molecule has 5 rings (SSSR count). The predicted octanol–water partition coefficient (Wildman–Crippen LogP) is 4.13. The van der Waals surface area contributed by atoms with Gasteiger partial charge in [-0.2, -0.15) is 5.26 Å². The third-order valence-corrected chi connectivity index (χ3v) is 7.12. The molecule has 0 radical (unpaired) electrons. The molecule has 2 N–H and O–H groups in total. The average molecular weight is 499 g/mol. The summed E-state index contributed by atoms with van der Waals surface area (Å²) in [6.07, 6.45) is 2.94. The maximum Gasteiger partial charge on any atom is 0.337 e. The molecule has 9 heteroatoms. The van der Waals surface area contributed by atoms with Crippen molar-refractivity contribution in [2.75, 3.05) is 36.4 Å². The van der Waals surface area contributed by atoms with Crippen molar-refractivity contribution in [2.45, 2.75) is 39.2 Å². The summed E-state index contributed by atoms with van der Waals surface area (Å²) in [4.78, 5) is 37.8. The normalized spacial score (nSPS) is 16.4. The lowest BCUT2D eigenvalue weighted by Crippen LogP contribution is -2.49. The predicted molar refractivity (Wildman–Crippen MR) is 141 cm³/mol. The van der Waals surface area contributed by atoms with Crippen molar-refractivity contribution < 1.29 is 14.7 Å². The number of benzene rings is 2. The van der Waals surface area contributed by atoms with Gasteiger partial charge in [-0.25, -0.2) is 14.8 Å². The molecular weight excluding hydrogens is 468 g/mol. The van der Waals surface area contributed by atoms with Gasteiger partial charge < -0.3 is 20.2 Å². The van der Waals surface area contributed by atoms with Crippen LogP contribution in [0.3, 0.4) is 0 Å². The number of piperazine rings is 1. The summed E-state index contributed by atoms with van der Waals surface area (Å²) in [6, 6.07) is 12.7. The molecule has 0 spiro atoms. The Morgan fingerprint density at radius 2 is 1.89 bits per heavy atom. The molecule has 2 heterocycles. The summed E-state index contributed by atoms with van der Waals surface area (Å²) in [5.74, 6) is 0.293. The van der Waals surface area contributed by atoms with Gasteiger partial charge in [0.25, 0.3) is 0 Å². The van der Waals surface area contributed by atoms with Crippen molar-refractivity contribution in [3.05, 3.63) is 58.8 Å². The minimum atomic E-state index is -1.00. The number of anilines is 2. The number of aromatic nitrogens is 2. The number of nitrogens with zero attached hydrogens (tertiary/aromatic N) is 5. The van der Waals surface area contributed by atoms with Crippen LogP contribution in [0.2, 0.25) is 0 Å². The number of nitrogens with one attached hydrogen (secondary N) is 1. The first-order valence-electron chi connectivity index (χ1n) is 12.7. The summed E-state index contributed by atoms with van der Waals surface area (Å²) in [5.41, 5.74) is 4.10. The Kier molecular flexibility index (Phi) is 6.66. The first-order chi connectivity index (χ1) is 17.8. The van der Waals surface area contributed by atoms with Crippen LogP contribution in [0.25, 0.3) is 11.0 Å². The zero-order chi connectivity index (χ0) is 26.1. The Balaban J connectivity index is 1.45. The maximum atomic E-state index is 12.5. The largest absolute Gasteiger partial charge is 0.478 e. The van der Waals surface area contributed by atoms with Gasteiger partial charge in [-0.3, -0.25) is 4.79 Å². The monoisotopic (exact) mass is 498 g/mol. The second kappa shape index (κ2) is 10.1. The molecular formula is C28H30N6O3. The molecule has 37 heavy (non-hydrogen) atoms. The molecule has 1 aliphatic heterocycles. The minimum absolute atomic E-state index is 0.193. The third kappa shape index (κ3) is 5.19. The highest BCUT2D eigenvalue weighted by atomic mass is 16.4. The van der Waals surface area contributed by atoms with E-state index in [2.05, 4.69) is 16.4 Å². The molecule has 0 unspecified atom stereocenters. The molecule has 190 valence electrons. The highest BCUT2D eigenvalue weighted by molar-refractivity contribution is 5.94. The van der Waals surface area contributed by atoms with Gasteiger partial charge in [-0.15, -0.1) is 0 Å². The van der Waals surface area contributed by atoms with Crippen molar-refractivity contribution in [1.82, 2.24) is 14.9 Å². The van der Waals surface area contributed by atoms with Gasteiger partial charge in [0, 0.05) is 43.9 Å². The molecule has 0 bridgehead atoms. The van der Waals surface area contributed by atoms with E-state index in [0.717, 1.165) is 24.0 Å². The van der Waals surface area contributed by atoms with Gasteiger partial charge in [0.1, 0.15) is 6.07 Å². The van der Waals surface area contributed by atoms with Crippen LogP contribution < -0.4 is 10.2 Å². The van der Waals surface area contributed by atoms with E-state index in [1.807, 2.05) is 35.8 Å². The Labute approximate surface area is 215 Å². The number of rotatable bonds is 7. The smallest absolute Gasteiger partial charge is 0.337 e. The fraction of sp³-hybridized carbons (Fsp3) is 0.393. The van der Waals surface area contributed by atoms with E-state index >= 15 is 0 Å². The minimum Gasteiger partial charge on any atom is -0.478 e. The van der Waals surface area contributed by atoms with Crippen LogP contribution in [0, 0.1) is 24.2 Å². The molecule has 9 nitrogen and oxygen atoms in total. The van der Waals surface area contributed by atoms with E-state index in [1.165, 1.54) is 0 Å². The van der Waals surface area contributed by atoms with Gasteiger partial charge in [0.15, 0.2) is 11.5 Å². The van der Waals surface area contributed by atoms with Crippen molar-refractivity contribution in [3.63, 3.8) is 0 Å². The summed E-state index contributed by atoms with van der Waals surface area (Å²) >= 11 is 0. The summed E-state index contributed by atoms with van der Waals surface area (Å²) in [6.45, 7) is 6.29. The molecule has 3 aromatic rings. The third-order valence-electron chi connectivity index (χ3n) is 7.12. The second-order valence-corrected chi connectivity index (χ2v) is 9.96. The number of carboxylic acid groups (broad SMARTS) is 1. The van der Waals surface area contributed by atoms with Crippen LogP contribution in [0.5, 0.6) is 0 Å². The highest BCUT2D eigenvalue weighted by Gasteiger charge is 2.30. The fourth-order valence-electron chi connectivity index (χ4n) is 4.92. The van der Waals surface area contributed by atoms with Gasteiger partial charge in [0.2, 0.25) is 5.91 Å². The van der Waals surface area contributed by atoms with Gasteiger partial charge in [-0.05, 0) is 56.4 Å². The SMILES string of the molecule is Cc1cc([C@@H](C)Nc2ccccc2C(=O)O)c2nc(N3CCN(C(=O)CC4CC4)CC3)c(C#N)nc2c1. The Hall–Kier alpha value is -4.19. The van der Waals surface area contributed by atoms with Gasteiger partial charge in [-0.1, -0.05) is 18.2 Å². The number of aromatic carboxylic acids is 1. The Morgan fingerprint density at radius 3 is 2.57 bits per heavy atom. The Bertz CT molecular complexity index is 1400. The van der Waals surface area contributed by atoms with Gasteiger partial charge in [0.05, 0.1) is 22.6 Å². The average Bonchev–Trinajstić information content (AvgIpc) is 3.71. The van der Waals surface area contributed by atoms with Crippen molar-refractivity contribution in [1.29, 1.82) is 5.26 Å². The van der Waals surface area contributed by atoms with E-state index in [4.69, 9.17) is 4.98 Å². The number of para-hydroxylation sites is 1. The fourth-order valence-corrected chi connectivity index (χ4v) is 4.92. The first-order valence-corrected chi connectivity index (χ1v) is 12.7. The second-order valence-electron chi connectivity index (χ2n) is 9.96. The Morgan fingerprint density at radius 1 is 1.16 bits per heavy atom. The zero-order valence-electron chi connectivity index (χ0n) is 21.1. The molecule has 2 aromatic carbocycles. The van der Waals surface area contributed by atoms with E-state index in [-0.39, 0.29) is 23.2 Å². The van der Waals surface area contributed by atoms with Crippen LogP contribution in [0.4, 0.5) is 11.5 Å². The number of hydrogen-bond acceptors (Lipinski definition) is 7. The van der Waals surface area contributed by atoms with Crippen LogP contribution in [0.1, 0.15) is 59.4 Å². The number of aryl methyl sites for hydroxylation is 1. The maximum absolute atomic E-state index is 12.5. The van der Waals surface area contributed by atoms with Crippen LogP contribution in [0.15, 0.2) is 36.4 Å². The summed E-state index contributed by atoms with van der Waals surface area (Å²) in [7, 11) is 0. The van der Waals surface area contributed by atoms with Gasteiger partial charge >= 0.3 is 5.97 Å². The van der Waals surface area contributed by atoms with E-state index in [1.54, 1.807) is 24.3 Å². The number of carboxylic acids is 1. The molecule has 2 aliphatic rings. The van der Waals surface area contributed by atoms with Crippen molar-refractivity contribution >= 4 is 34.4 Å². The molecule has 1 amide bonds. The summed E-state index contributed by atoms with van der Waals surface area (Å²) < 4.78 is 0. The molecule has 1 saturated carbocycles. The van der Waals surface area contributed by atoms with E-state index in [9.17, 15) is 20.0 Å². The lowest BCUT2D eigenvalue weighted by molar-refractivity contribution is -0.131. The standard InChI is InChI=1S/C28H30N6O3/c1-17-13-21(18(2)30-22-6-4-3-5-20(22)28(36)37)26-23(14-17)31-24(16-29)27(32-26)34-11-9-33(10-12-34)25(35)15-19-7-8-19/h3-6,13-14,18-19,30H,7-12,15H2,1-2H3,(H,36,37)/t18-/m1/s1. The molecule has 1 atom stereocenters. The summed E-state index contributed by atoms with van der Waals surface area (Å²) in [5, 5.41) is 22.8. The number of nitriles is 1. The van der Waals surface area contributed by atoms with E-state index < -0.39 is 5.97 Å². The molecule has 1 aromatic heterocycles. The number of hydrogen-bond donors (Lipinski definition) is 2. The highest BCUT2D eigenvalue weighted by Crippen LogP contribution is 2.33. The lowest BCUT2D eigenvalue weighted by Gasteiger charge is -2.35. The molecule has 1 aliphatic carbocycles. The number of fused-ring (bicyclic) bond motifs is 1. The first kappa shape index (κ1) is 24.5. The lowest BCUT2D eigenvalue weighted by atomic mass is 10.0. The number of amides is 1. The quantitative estimate of drug-likeness (QED) is 0.499. The molecule has 1 saturated heterocycles. The zero-order valence-corrected chi connectivity index (χ0v) is 21.1. The number of carbonyl (C=O) groups excluding carboxylic acids is 1. The topological polar surface area (TPSA) is 122 Å². The molecule has 2 fully saturated rings. The van der Waals surface area contributed by atoms with Crippen LogP contribution in [-0.2, 0) is 4.79 Å². The van der Waals surface area contributed by atoms with Crippen LogP contribution in [-0.4, -0.2) is 58.0 Å². The van der Waals surface area contributed by atoms with E-state index in [0.29, 0.717) is 61.1 Å². The number of carbonyl (C=O) groups is 2. The van der Waals surface area contributed by atoms with Crippen LogP contribution >= 0.6 is 0 Å². The van der Waals surface area contributed by atoms with Crippen molar-refractivity contribution in [3.8, 4) is 6.07 Å². The van der Waals surface area contributed by atoms with Crippen molar-refractivity contribution in [2.24, 2.45) is 5.92 Å².